The van der Waals surface area contributed by atoms with Gasteiger partial charge >= 0.3 is 0 Å². The molecular formula is C52H44N4. The minimum atomic E-state index is -0.00730. The van der Waals surface area contributed by atoms with E-state index in [1.165, 1.54) is 59.9 Å². The Morgan fingerprint density at radius 3 is 1.79 bits per heavy atom. The maximum absolute atomic E-state index is 9.81. The van der Waals surface area contributed by atoms with Gasteiger partial charge < -0.3 is 0 Å². The summed E-state index contributed by atoms with van der Waals surface area (Å²) in [4.78, 5) is 15.6. The number of hydrogen-bond acceptors (Lipinski definition) is 4. The molecule has 0 radical (unpaired) electrons. The van der Waals surface area contributed by atoms with Crippen molar-refractivity contribution in [3.8, 4) is 62.5 Å². The fraction of sp³-hybridized carbons (Fsp3) is 0.231. The number of hydrogen-bond donors (Lipinski definition) is 0. The lowest BCUT2D eigenvalue weighted by Gasteiger charge is -2.50. The molecule has 7 aromatic rings. The van der Waals surface area contributed by atoms with Gasteiger partial charge in [-0.15, -0.1) is 0 Å². The summed E-state index contributed by atoms with van der Waals surface area (Å²) in [5, 5.41) is 9.81. The minimum Gasteiger partial charge on any atom is -0.208 e. The second-order valence-corrected chi connectivity index (χ2v) is 16.8. The lowest BCUT2D eigenvalue weighted by molar-refractivity contribution is 0.0780. The van der Waals surface area contributed by atoms with E-state index in [4.69, 9.17) is 15.0 Å². The van der Waals surface area contributed by atoms with Crippen LogP contribution in [0.3, 0.4) is 0 Å². The molecule has 6 aromatic carbocycles. The van der Waals surface area contributed by atoms with Crippen molar-refractivity contribution in [2.45, 2.75) is 57.3 Å². The highest BCUT2D eigenvalue weighted by molar-refractivity contribution is 5.85. The quantitative estimate of drug-likeness (QED) is 0.171. The van der Waals surface area contributed by atoms with Gasteiger partial charge in [-0.05, 0) is 118 Å². The Balaban J connectivity index is 1.08. The van der Waals surface area contributed by atoms with E-state index in [0.29, 0.717) is 28.5 Å². The first-order chi connectivity index (χ1) is 27.4. The Morgan fingerprint density at radius 2 is 1.09 bits per heavy atom. The molecule has 4 nitrogen and oxygen atoms in total. The number of fused-ring (bicyclic) bond motifs is 5. The average Bonchev–Trinajstić information content (AvgIpc) is 3.56. The van der Waals surface area contributed by atoms with Gasteiger partial charge in [-0.2, -0.15) is 5.26 Å². The summed E-state index contributed by atoms with van der Waals surface area (Å²) in [6.45, 7) is 4.92. The van der Waals surface area contributed by atoms with E-state index in [2.05, 4.69) is 129 Å². The zero-order valence-corrected chi connectivity index (χ0v) is 32.0. The molecule has 0 N–H and O–H groups in total. The van der Waals surface area contributed by atoms with Crippen molar-refractivity contribution >= 4 is 0 Å². The normalized spacial score (nSPS) is 22.2. The van der Waals surface area contributed by atoms with Crippen LogP contribution in [0.25, 0.3) is 56.4 Å². The molecule has 0 spiro atoms. The van der Waals surface area contributed by atoms with Gasteiger partial charge in [0.25, 0.3) is 0 Å². The Kier molecular flexibility index (Phi) is 8.48. The highest BCUT2D eigenvalue weighted by Crippen LogP contribution is 2.54. The van der Waals surface area contributed by atoms with Crippen LogP contribution in [0, 0.1) is 29.1 Å². The highest BCUT2D eigenvalue weighted by Gasteiger charge is 2.45. The van der Waals surface area contributed by atoms with Crippen molar-refractivity contribution in [2.75, 3.05) is 0 Å². The van der Waals surface area contributed by atoms with Crippen molar-refractivity contribution in [1.29, 1.82) is 5.26 Å². The zero-order chi connectivity index (χ0) is 37.8. The molecule has 10 rings (SSSR count). The van der Waals surface area contributed by atoms with E-state index in [0.717, 1.165) is 51.1 Å². The molecule has 1 aromatic heterocycles. The maximum atomic E-state index is 9.81. The van der Waals surface area contributed by atoms with Gasteiger partial charge in [0, 0.05) is 22.6 Å². The van der Waals surface area contributed by atoms with E-state index < -0.39 is 0 Å². The monoisotopic (exact) mass is 724 g/mol. The summed E-state index contributed by atoms with van der Waals surface area (Å²) in [5.41, 5.74) is 13.5. The van der Waals surface area contributed by atoms with Gasteiger partial charge in [-0.1, -0.05) is 141 Å². The second-order valence-electron chi connectivity index (χ2n) is 16.8. The molecule has 4 heteroatoms. The molecule has 0 aliphatic heterocycles. The predicted octanol–water partition coefficient (Wildman–Crippen LogP) is 12.7. The van der Waals surface area contributed by atoms with Crippen LogP contribution >= 0.6 is 0 Å². The fourth-order valence-corrected chi connectivity index (χ4v) is 10.8. The van der Waals surface area contributed by atoms with E-state index in [9.17, 15) is 5.26 Å². The molecule has 0 amide bonds. The van der Waals surface area contributed by atoms with Gasteiger partial charge in [0.1, 0.15) is 0 Å². The van der Waals surface area contributed by atoms with Crippen LogP contribution in [0.5, 0.6) is 0 Å². The molecule has 3 unspecified atom stereocenters. The standard InChI is InChI=1S/C52H44N4/c1-33-25-36-26-34(2)30-52(29-33,31-36)41-21-18-37(19-22-41)42-15-9-10-16-45(42)51-55-49(39-13-7-4-8-14-39)54-50(56-51)40-20-24-44-43-23-17-35(32-53)27-46(43)48(47(44)28-40)38-11-5-3-6-12-38/h3-24,27-28,33-34,36,48H,25-26,29-31H2,1-2H3/t33-,34+,36?,48?,52?. The van der Waals surface area contributed by atoms with Crippen molar-refractivity contribution in [3.05, 3.63) is 173 Å². The first-order valence-corrected chi connectivity index (χ1v) is 20.2. The lowest BCUT2D eigenvalue weighted by atomic mass is 9.54. The molecule has 2 bridgehead atoms. The maximum Gasteiger partial charge on any atom is 0.164 e. The fourth-order valence-electron chi connectivity index (χ4n) is 10.8. The Labute approximate surface area is 330 Å². The van der Waals surface area contributed by atoms with E-state index in [1.54, 1.807) is 0 Å². The van der Waals surface area contributed by atoms with Gasteiger partial charge in [0.2, 0.25) is 0 Å². The van der Waals surface area contributed by atoms with E-state index in [1.807, 2.05) is 36.4 Å². The third kappa shape index (κ3) is 6.03. The molecule has 56 heavy (non-hydrogen) atoms. The molecule has 3 aliphatic rings. The summed E-state index contributed by atoms with van der Waals surface area (Å²) in [5.74, 6) is 4.33. The number of nitriles is 1. The SMILES string of the molecule is C[C@@H]1CC2C[C@H](C)CC(c3ccc(-c4ccccc4-c4nc(-c5ccccc5)nc(-c5ccc6c(c5)C(c5ccccc5)c5cc(C#N)ccc5-6)n4)cc3)(C2)C1. The molecular weight excluding hydrogens is 681 g/mol. The highest BCUT2D eigenvalue weighted by atomic mass is 15.0. The summed E-state index contributed by atoms with van der Waals surface area (Å²) in [6, 6.07) is 53.8. The smallest absolute Gasteiger partial charge is 0.164 e. The topological polar surface area (TPSA) is 62.5 Å². The van der Waals surface area contributed by atoms with Gasteiger partial charge in [0.15, 0.2) is 17.5 Å². The van der Waals surface area contributed by atoms with Crippen molar-refractivity contribution in [2.24, 2.45) is 17.8 Å². The molecule has 1 heterocycles. The molecule has 2 saturated carbocycles. The lowest BCUT2D eigenvalue weighted by Crippen LogP contribution is -2.42. The van der Waals surface area contributed by atoms with E-state index in [-0.39, 0.29) is 5.92 Å². The second kappa shape index (κ2) is 13.8. The first-order valence-electron chi connectivity index (χ1n) is 20.2. The summed E-state index contributed by atoms with van der Waals surface area (Å²) in [7, 11) is 0. The average molecular weight is 725 g/mol. The van der Waals surface area contributed by atoms with Gasteiger partial charge in [-0.25, -0.2) is 15.0 Å². The van der Waals surface area contributed by atoms with Crippen LogP contribution in [0.15, 0.2) is 146 Å². The zero-order valence-electron chi connectivity index (χ0n) is 32.0. The van der Waals surface area contributed by atoms with Crippen LogP contribution in [-0.4, -0.2) is 15.0 Å². The number of rotatable bonds is 6. The van der Waals surface area contributed by atoms with Crippen LogP contribution in [-0.2, 0) is 5.41 Å². The van der Waals surface area contributed by atoms with Crippen LogP contribution < -0.4 is 0 Å². The number of benzene rings is 6. The van der Waals surface area contributed by atoms with Gasteiger partial charge in [0.05, 0.1) is 11.6 Å². The number of aromatic nitrogens is 3. The van der Waals surface area contributed by atoms with Crippen LogP contribution in [0.1, 0.15) is 79.7 Å². The summed E-state index contributed by atoms with van der Waals surface area (Å²) in [6.07, 6.45) is 6.68. The molecule has 3 aliphatic carbocycles. The van der Waals surface area contributed by atoms with Crippen LogP contribution in [0.2, 0.25) is 0 Å². The molecule has 2 fully saturated rings. The van der Waals surface area contributed by atoms with Crippen molar-refractivity contribution in [1.82, 2.24) is 15.0 Å². The van der Waals surface area contributed by atoms with Crippen molar-refractivity contribution in [3.63, 3.8) is 0 Å². The third-order valence-corrected chi connectivity index (χ3v) is 12.8. The molecule has 5 atom stereocenters. The Bertz CT molecular complexity index is 2600. The summed E-state index contributed by atoms with van der Waals surface area (Å²) < 4.78 is 0. The van der Waals surface area contributed by atoms with Crippen molar-refractivity contribution < 1.29 is 0 Å². The summed E-state index contributed by atoms with van der Waals surface area (Å²) >= 11 is 0. The first kappa shape index (κ1) is 34.3. The Morgan fingerprint density at radius 1 is 0.518 bits per heavy atom. The van der Waals surface area contributed by atoms with E-state index >= 15 is 0 Å². The molecule has 0 saturated heterocycles. The molecule has 272 valence electrons. The predicted molar refractivity (Wildman–Crippen MR) is 226 cm³/mol. The largest absolute Gasteiger partial charge is 0.208 e. The number of nitrogens with zero attached hydrogens (tertiary/aromatic N) is 4. The Hall–Kier alpha value is -6.18. The minimum absolute atomic E-state index is 0.00730. The third-order valence-electron chi connectivity index (χ3n) is 12.8. The van der Waals surface area contributed by atoms with Gasteiger partial charge in [-0.3, -0.25) is 0 Å². The van der Waals surface area contributed by atoms with Crippen LogP contribution in [0.4, 0.5) is 0 Å².